The maximum Gasteiger partial charge on any atom is 0.130 e. The SMILES string of the molecule is CCOC1CCN(c2c(CC(N)CC)c(C)nn2C)CC1. The minimum absolute atomic E-state index is 0.215. The van der Waals surface area contributed by atoms with Gasteiger partial charge in [0.1, 0.15) is 5.82 Å². The maximum absolute atomic E-state index is 6.17. The van der Waals surface area contributed by atoms with Gasteiger partial charge in [0.05, 0.1) is 11.8 Å². The molecule has 2 rings (SSSR count). The van der Waals surface area contributed by atoms with Crippen molar-refractivity contribution < 1.29 is 4.74 Å². The summed E-state index contributed by atoms with van der Waals surface area (Å²) in [5, 5.41) is 4.62. The third-order valence-corrected chi connectivity index (χ3v) is 4.45. The van der Waals surface area contributed by atoms with Gasteiger partial charge in [-0.1, -0.05) is 6.92 Å². The molecular formula is C16H30N4O. The van der Waals surface area contributed by atoms with Gasteiger partial charge in [0, 0.05) is 38.3 Å². The average Bonchev–Trinajstić information content (AvgIpc) is 2.74. The number of anilines is 1. The first kappa shape index (κ1) is 16.3. The molecule has 1 unspecified atom stereocenters. The molecule has 0 amide bonds. The van der Waals surface area contributed by atoms with Crippen LogP contribution in [0.3, 0.4) is 0 Å². The number of ether oxygens (including phenoxy) is 1. The fourth-order valence-corrected chi connectivity index (χ4v) is 3.20. The molecule has 0 radical (unpaired) electrons. The number of piperidine rings is 1. The monoisotopic (exact) mass is 294 g/mol. The molecule has 0 spiro atoms. The molecule has 21 heavy (non-hydrogen) atoms. The van der Waals surface area contributed by atoms with Gasteiger partial charge in [-0.25, -0.2) is 0 Å². The third-order valence-electron chi connectivity index (χ3n) is 4.45. The molecule has 0 aromatic carbocycles. The van der Waals surface area contributed by atoms with Crippen molar-refractivity contribution in [2.24, 2.45) is 12.8 Å². The summed E-state index contributed by atoms with van der Waals surface area (Å²) >= 11 is 0. The Hall–Kier alpha value is -1.07. The molecule has 1 aromatic rings. The van der Waals surface area contributed by atoms with Gasteiger partial charge in [-0.2, -0.15) is 5.10 Å². The highest BCUT2D eigenvalue weighted by Gasteiger charge is 2.25. The molecule has 120 valence electrons. The standard InChI is InChI=1S/C16H30N4O/c1-5-13(17)11-15-12(3)18-19(4)16(15)20-9-7-14(8-10-20)21-6-2/h13-14H,5-11,17H2,1-4H3. The minimum Gasteiger partial charge on any atom is -0.378 e. The molecule has 1 aliphatic heterocycles. The number of aromatic nitrogens is 2. The molecule has 1 aliphatic rings. The van der Waals surface area contributed by atoms with Crippen molar-refractivity contribution in [1.29, 1.82) is 0 Å². The van der Waals surface area contributed by atoms with E-state index in [1.54, 1.807) is 0 Å². The Morgan fingerprint density at radius 1 is 1.33 bits per heavy atom. The lowest BCUT2D eigenvalue weighted by atomic mass is 10.0. The second-order valence-corrected chi connectivity index (χ2v) is 6.03. The molecule has 1 aromatic heterocycles. The largest absolute Gasteiger partial charge is 0.378 e. The smallest absolute Gasteiger partial charge is 0.130 e. The third kappa shape index (κ3) is 3.77. The van der Waals surface area contributed by atoms with E-state index in [4.69, 9.17) is 10.5 Å². The quantitative estimate of drug-likeness (QED) is 0.872. The van der Waals surface area contributed by atoms with Crippen LogP contribution in [0.1, 0.15) is 44.4 Å². The first-order valence-electron chi connectivity index (χ1n) is 8.21. The van der Waals surface area contributed by atoms with Crippen LogP contribution >= 0.6 is 0 Å². The van der Waals surface area contributed by atoms with Gasteiger partial charge < -0.3 is 15.4 Å². The van der Waals surface area contributed by atoms with E-state index in [0.717, 1.165) is 51.1 Å². The van der Waals surface area contributed by atoms with Gasteiger partial charge in [-0.05, 0) is 39.5 Å². The molecule has 5 nitrogen and oxygen atoms in total. The molecule has 0 saturated carbocycles. The van der Waals surface area contributed by atoms with Crippen molar-refractivity contribution in [2.45, 2.75) is 58.6 Å². The van der Waals surface area contributed by atoms with Crippen LogP contribution in [0, 0.1) is 6.92 Å². The molecule has 0 bridgehead atoms. The van der Waals surface area contributed by atoms with Crippen LogP contribution in [-0.4, -0.2) is 41.6 Å². The van der Waals surface area contributed by atoms with E-state index < -0.39 is 0 Å². The predicted molar refractivity (Wildman–Crippen MR) is 86.8 cm³/mol. The first-order valence-corrected chi connectivity index (χ1v) is 8.21. The highest BCUT2D eigenvalue weighted by atomic mass is 16.5. The van der Waals surface area contributed by atoms with Gasteiger partial charge in [-0.3, -0.25) is 4.68 Å². The van der Waals surface area contributed by atoms with E-state index in [9.17, 15) is 0 Å². The van der Waals surface area contributed by atoms with Crippen molar-refractivity contribution in [2.75, 3.05) is 24.6 Å². The van der Waals surface area contributed by atoms with Crippen molar-refractivity contribution in [3.8, 4) is 0 Å². The van der Waals surface area contributed by atoms with Crippen LogP contribution in [0.2, 0.25) is 0 Å². The topological polar surface area (TPSA) is 56.3 Å². The first-order chi connectivity index (χ1) is 10.1. The summed E-state index contributed by atoms with van der Waals surface area (Å²) in [4.78, 5) is 2.45. The number of nitrogens with zero attached hydrogens (tertiary/aromatic N) is 3. The molecule has 2 heterocycles. The zero-order chi connectivity index (χ0) is 15.4. The van der Waals surface area contributed by atoms with Crippen LogP contribution in [0.15, 0.2) is 0 Å². The summed E-state index contributed by atoms with van der Waals surface area (Å²) in [6, 6.07) is 0.215. The molecule has 1 fully saturated rings. The lowest BCUT2D eigenvalue weighted by Crippen LogP contribution is -2.38. The van der Waals surface area contributed by atoms with Crippen LogP contribution in [0.25, 0.3) is 0 Å². The Balaban J connectivity index is 2.12. The zero-order valence-electron chi connectivity index (χ0n) is 13.9. The van der Waals surface area contributed by atoms with E-state index in [-0.39, 0.29) is 6.04 Å². The fraction of sp³-hybridized carbons (Fsp3) is 0.812. The summed E-state index contributed by atoms with van der Waals surface area (Å²) in [5.74, 6) is 1.26. The van der Waals surface area contributed by atoms with E-state index in [0.29, 0.717) is 6.10 Å². The van der Waals surface area contributed by atoms with Crippen LogP contribution in [0.4, 0.5) is 5.82 Å². The number of aryl methyl sites for hydroxylation is 2. The molecule has 1 saturated heterocycles. The highest BCUT2D eigenvalue weighted by Crippen LogP contribution is 2.28. The molecule has 0 aliphatic carbocycles. The maximum atomic E-state index is 6.17. The zero-order valence-corrected chi connectivity index (χ0v) is 13.9. The van der Waals surface area contributed by atoms with E-state index in [1.807, 2.05) is 11.7 Å². The Labute approximate surface area is 128 Å². The number of hydrogen-bond acceptors (Lipinski definition) is 4. The summed E-state index contributed by atoms with van der Waals surface area (Å²) in [6.07, 6.45) is 4.52. The van der Waals surface area contributed by atoms with Crippen LogP contribution in [-0.2, 0) is 18.2 Å². The predicted octanol–water partition coefficient (Wildman–Crippen LogP) is 2.01. The average molecular weight is 294 g/mol. The van der Waals surface area contributed by atoms with E-state index >= 15 is 0 Å². The lowest BCUT2D eigenvalue weighted by Gasteiger charge is -2.34. The normalized spacial score (nSPS) is 18.2. The van der Waals surface area contributed by atoms with Crippen molar-refractivity contribution in [3.05, 3.63) is 11.3 Å². The molecule has 5 heteroatoms. The van der Waals surface area contributed by atoms with Crippen LogP contribution < -0.4 is 10.6 Å². The lowest BCUT2D eigenvalue weighted by molar-refractivity contribution is 0.0457. The minimum atomic E-state index is 0.215. The Morgan fingerprint density at radius 2 is 2.00 bits per heavy atom. The Bertz CT molecular complexity index is 449. The van der Waals surface area contributed by atoms with Gasteiger partial charge in [0.25, 0.3) is 0 Å². The number of nitrogens with two attached hydrogens (primary N) is 1. The fourth-order valence-electron chi connectivity index (χ4n) is 3.20. The van der Waals surface area contributed by atoms with Gasteiger partial charge >= 0.3 is 0 Å². The van der Waals surface area contributed by atoms with Gasteiger partial charge in [0.15, 0.2) is 0 Å². The van der Waals surface area contributed by atoms with Crippen molar-refractivity contribution in [1.82, 2.24) is 9.78 Å². The second kappa shape index (κ2) is 7.27. The Morgan fingerprint density at radius 3 is 2.57 bits per heavy atom. The second-order valence-electron chi connectivity index (χ2n) is 6.03. The molecule has 2 N–H and O–H groups in total. The van der Waals surface area contributed by atoms with Gasteiger partial charge in [-0.15, -0.1) is 0 Å². The van der Waals surface area contributed by atoms with Gasteiger partial charge in [0.2, 0.25) is 0 Å². The molecular weight excluding hydrogens is 264 g/mol. The number of hydrogen-bond donors (Lipinski definition) is 1. The van der Waals surface area contributed by atoms with E-state index in [1.165, 1.54) is 11.4 Å². The summed E-state index contributed by atoms with van der Waals surface area (Å²) < 4.78 is 7.77. The van der Waals surface area contributed by atoms with Crippen molar-refractivity contribution >= 4 is 5.82 Å². The summed E-state index contributed by atoms with van der Waals surface area (Å²) in [5.41, 5.74) is 8.60. The van der Waals surface area contributed by atoms with Crippen molar-refractivity contribution in [3.63, 3.8) is 0 Å². The van der Waals surface area contributed by atoms with Crippen LogP contribution in [0.5, 0.6) is 0 Å². The highest BCUT2D eigenvalue weighted by molar-refractivity contribution is 5.51. The Kier molecular flexibility index (Phi) is 5.65. The molecule has 1 atom stereocenters. The summed E-state index contributed by atoms with van der Waals surface area (Å²) in [7, 11) is 2.04. The number of rotatable bonds is 6. The summed E-state index contributed by atoms with van der Waals surface area (Å²) in [6.45, 7) is 9.20. The van der Waals surface area contributed by atoms with E-state index in [2.05, 4.69) is 30.8 Å².